The van der Waals surface area contributed by atoms with Crippen molar-refractivity contribution in [1.29, 1.82) is 0 Å². The molecule has 15 aromatic rings. The van der Waals surface area contributed by atoms with Crippen LogP contribution in [0.2, 0.25) is 0 Å². The van der Waals surface area contributed by atoms with Gasteiger partial charge < -0.3 is 8.80 Å². The Morgan fingerprint density at radius 2 is 0.661 bits per heavy atom. The summed E-state index contributed by atoms with van der Waals surface area (Å²) in [6, 6.07) is 77.3. The van der Waals surface area contributed by atoms with Gasteiger partial charge in [-0.1, -0.05) is 170 Å². The Kier molecular flexibility index (Phi) is 6.18. The van der Waals surface area contributed by atoms with Crippen LogP contribution in [-0.4, -0.2) is 8.80 Å². The molecule has 0 saturated heterocycles. The second kappa shape index (κ2) is 11.8. The zero-order valence-corrected chi connectivity index (χ0v) is 33.5. The number of para-hydroxylation sites is 4. The van der Waals surface area contributed by atoms with Gasteiger partial charge in [-0.2, -0.15) is 0 Å². The van der Waals surface area contributed by atoms with E-state index in [1.807, 2.05) is 0 Å². The van der Waals surface area contributed by atoms with Crippen LogP contribution in [0.1, 0.15) is 0 Å². The number of hydrogen-bond donors (Lipinski definition) is 0. The molecule has 0 amide bonds. The van der Waals surface area contributed by atoms with Crippen LogP contribution in [0.4, 0.5) is 0 Å². The van der Waals surface area contributed by atoms with Gasteiger partial charge in [0.1, 0.15) is 0 Å². The summed E-state index contributed by atoms with van der Waals surface area (Å²) < 4.78 is 4.99. The average molecular weight is 783 g/mol. The second-order valence-corrected chi connectivity index (χ2v) is 17.1. The number of nitrogens with zero attached hydrogens (tertiary/aromatic N) is 2. The standard InChI is InChI=1S/C60H34N2/c1-2-14-36-33-37(32-31-35(36)13-1)56-44-19-7-17-38(42-21-11-29-54-57(42)48-25-9-23-46-40-15-3-5-27-52(40)61(54)59(46)48)50(44)34-51-39(18-8-20-45(51)56)43-22-12-30-55-58(43)49-26-10-24-47-41-16-4-6-28-53(41)62(55)60(47)49/h1-34H. The molecule has 0 aliphatic rings. The molecule has 0 fully saturated rings. The van der Waals surface area contributed by atoms with Gasteiger partial charge in [0.05, 0.1) is 33.1 Å². The number of fused-ring (bicyclic) bond motifs is 15. The number of rotatable bonds is 3. The van der Waals surface area contributed by atoms with Gasteiger partial charge in [0.15, 0.2) is 0 Å². The van der Waals surface area contributed by atoms with Gasteiger partial charge >= 0.3 is 0 Å². The molecule has 0 N–H and O–H groups in total. The molecule has 0 radical (unpaired) electrons. The molecule has 0 atom stereocenters. The Morgan fingerprint density at radius 3 is 1.24 bits per heavy atom. The second-order valence-electron chi connectivity index (χ2n) is 17.1. The van der Waals surface area contributed by atoms with Gasteiger partial charge in [0.25, 0.3) is 0 Å². The molecule has 2 nitrogen and oxygen atoms in total. The predicted molar refractivity (Wildman–Crippen MR) is 265 cm³/mol. The fraction of sp³-hybridized carbons (Fsp3) is 0. The summed E-state index contributed by atoms with van der Waals surface area (Å²) in [6.45, 7) is 0. The first kappa shape index (κ1) is 32.6. The van der Waals surface area contributed by atoms with Crippen LogP contribution < -0.4 is 0 Å². The minimum Gasteiger partial charge on any atom is -0.308 e. The van der Waals surface area contributed by atoms with Gasteiger partial charge in [0, 0.05) is 43.1 Å². The minimum atomic E-state index is 1.23. The van der Waals surface area contributed by atoms with Crippen molar-refractivity contribution in [2.45, 2.75) is 0 Å². The van der Waals surface area contributed by atoms with Crippen molar-refractivity contribution in [2.24, 2.45) is 0 Å². The molecule has 15 rings (SSSR count). The molecule has 0 bridgehead atoms. The summed E-state index contributed by atoms with van der Waals surface area (Å²) in [6.07, 6.45) is 0. The van der Waals surface area contributed by atoms with Gasteiger partial charge in [-0.25, -0.2) is 0 Å². The summed E-state index contributed by atoms with van der Waals surface area (Å²) in [5, 5.41) is 17.9. The van der Waals surface area contributed by atoms with Crippen LogP contribution in [0.25, 0.3) is 142 Å². The zero-order valence-electron chi connectivity index (χ0n) is 33.5. The maximum Gasteiger partial charge on any atom is 0.0620 e. The fourth-order valence-electron chi connectivity index (χ4n) is 11.7. The SMILES string of the molecule is c1ccc2cc(-c3c4cccc(-c5cccc6c5c5cccc7c8ccccc8n6c75)c4cc4c(-c5cccc6c5c5cccc7c8ccccc8n6c75)cccc34)ccc2c1. The third kappa shape index (κ3) is 4.04. The van der Waals surface area contributed by atoms with E-state index >= 15 is 0 Å². The lowest BCUT2D eigenvalue weighted by molar-refractivity contribution is 1.37. The maximum atomic E-state index is 2.51. The Hall–Kier alpha value is -8.20. The van der Waals surface area contributed by atoms with E-state index < -0.39 is 0 Å². The molecule has 0 spiro atoms. The highest BCUT2D eigenvalue weighted by atomic mass is 14.9. The van der Waals surface area contributed by atoms with Crippen molar-refractivity contribution >= 4 is 109 Å². The van der Waals surface area contributed by atoms with Crippen molar-refractivity contribution in [3.05, 3.63) is 206 Å². The molecule has 284 valence electrons. The Bertz CT molecular complexity index is 4150. The van der Waals surface area contributed by atoms with Crippen LogP contribution in [-0.2, 0) is 0 Å². The molecule has 2 heteroatoms. The summed E-state index contributed by atoms with van der Waals surface area (Å²) >= 11 is 0. The summed E-state index contributed by atoms with van der Waals surface area (Å²) in [7, 11) is 0. The van der Waals surface area contributed by atoms with E-state index in [-0.39, 0.29) is 0 Å². The van der Waals surface area contributed by atoms with E-state index in [1.165, 1.54) is 142 Å². The summed E-state index contributed by atoms with van der Waals surface area (Å²) in [4.78, 5) is 0. The monoisotopic (exact) mass is 782 g/mol. The van der Waals surface area contributed by atoms with Gasteiger partial charge in [-0.15, -0.1) is 0 Å². The average Bonchev–Trinajstić information content (AvgIpc) is 4.07. The summed E-state index contributed by atoms with van der Waals surface area (Å²) in [5.74, 6) is 0. The van der Waals surface area contributed by atoms with E-state index in [0.717, 1.165) is 0 Å². The first-order valence-corrected chi connectivity index (χ1v) is 21.6. The first-order chi connectivity index (χ1) is 30.8. The van der Waals surface area contributed by atoms with Crippen LogP contribution in [0, 0.1) is 0 Å². The Morgan fingerprint density at radius 1 is 0.242 bits per heavy atom. The Balaban J connectivity index is 1.09. The van der Waals surface area contributed by atoms with Crippen molar-refractivity contribution < 1.29 is 0 Å². The third-order valence-corrected chi connectivity index (χ3v) is 14.2. The molecular formula is C60H34N2. The summed E-state index contributed by atoms with van der Waals surface area (Å²) in [5.41, 5.74) is 15.1. The first-order valence-electron chi connectivity index (χ1n) is 21.6. The van der Waals surface area contributed by atoms with E-state index in [0.29, 0.717) is 0 Å². The van der Waals surface area contributed by atoms with E-state index in [2.05, 4.69) is 215 Å². The van der Waals surface area contributed by atoms with Crippen LogP contribution in [0.5, 0.6) is 0 Å². The molecule has 0 saturated carbocycles. The van der Waals surface area contributed by atoms with Crippen LogP contribution in [0.3, 0.4) is 0 Å². The smallest absolute Gasteiger partial charge is 0.0620 e. The maximum absolute atomic E-state index is 2.51. The molecular weight excluding hydrogens is 749 g/mol. The molecule has 11 aromatic carbocycles. The van der Waals surface area contributed by atoms with Crippen molar-refractivity contribution in [3.8, 4) is 33.4 Å². The van der Waals surface area contributed by atoms with Crippen molar-refractivity contribution in [2.75, 3.05) is 0 Å². The number of aromatic nitrogens is 2. The lowest BCUT2D eigenvalue weighted by atomic mass is 9.85. The quantitative estimate of drug-likeness (QED) is 0.158. The topological polar surface area (TPSA) is 8.82 Å². The van der Waals surface area contributed by atoms with Gasteiger partial charge in [-0.3, -0.25) is 0 Å². The lowest BCUT2D eigenvalue weighted by Gasteiger charge is -2.18. The third-order valence-electron chi connectivity index (χ3n) is 14.2. The molecule has 4 heterocycles. The molecule has 0 unspecified atom stereocenters. The number of hydrogen-bond acceptors (Lipinski definition) is 0. The normalized spacial score (nSPS) is 12.5. The van der Waals surface area contributed by atoms with E-state index in [1.54, 1.807) is 0 Å². The molecule has 62 heavy (non-hydrogen) atoms. The number of benzene rings is 11. The van der Waals surface area contributed by atoms with Gasteiger partial charge in [0.2, 0.25) is 0 Å². The highest BCUT2D eigenvalue weighted by molar-refractivity contribution is 6.30. The largest absolute Gasteiger partial charge is 0.308 e. The van der Waals surface area contributed by atoms with Crippen molar-refractivity contribution in [3.63, 3.8) is 0 Å². The van der Waals surface area contributed by atoms with Crippen LogP contribution >= 0.6 is 0 Å². The van der Waals surface area contributed by atoms with Crippen molar-refractivity contribution in [1.82, 2.24) is 8.80 Å². The Labute approximate surface area is 355 Å². The predicted octanol–water partition coefficient (Wildman–Crippen LogP) is 16.4. The van der Waals surface area contributed by atoms with E-state index in [4.69, 9.17) is 0 Å². The van der Waals surface area contributed by atoms with Gasteiger partial charge in [-0.05, 0) is 102 Å². The highest BCUT2D eigenvalue weighted by Crippen LogP contribution is 2.49. The zero-order chi connectivity index (χ0) is 40.2. The molecule has 4 aromatic heterocycles. The fourth-order valence-corrected chi connectivity index (χ4v) is 11.7. The molecule has 0 aliphatic carbocycles. The highest BCUT2D eigenvalue weighted by Gasteiger charge is 2.24. The molecule has 0 aliphatic heterocycles. The minimum absolute atomic E-state index is 1.23. The van der Waals surface area contributed by atoms with Crippen LogP contribution in [0.15, 0.2) is 206 Å². The lowest BCUT2D eigenvalue weighted by Crippen LogP contribution is -1.92. The van der Waals surface area contributed by atoms with E-state index in [9.17, 15) is 0 Å².